The van der Waals surface area contributed by atoms with E-state index < -0.39 is 15.8 Å². The molecular formula is C16H19FN2O2S2. The molecule has 0 radical (unpaired) electrons. The van der Waals surface area contributed by atoms with Crippen molar-refractivity contribution in [1.29, 1.82) is 0 Å². The number of hydrogen-bond donors (Lipinski definition) is 1. The summed E-state index contributed by atoms with van der Waals surface area (Å²) in [7, 11) is -3.68. The van der Waals surface area contributed by atoms with Crippen LogP contribution in [0, 0.1) is 5.82 Å². The van der Waals surface area contributed by atoms with E-state index in [9.17, 15) is 12.8 Å². The van der Waals surface area contributed by atoms with Gasteiger partial charge >= 0.3 is 0 Å². The van der Waals surface area contributed by atoms with Crippen molar-refractivity contribution in [3.8, 4) is 0 Å². The summed E-state index contributed by atoms with van der Waals surface area (Å²) in [4.78, 5) is 3.65. The van der Waals surface area contributed by atoms with Crippen LogP contribution in [0.25, 0.3) is 0 Å². The lowest BCUT2D eigenvalue weighted by atomic mass is 10.1. The summed E-state index contributed by atoms with van der Waals surface area (Å²) in [5.74, 6) is -0.554. The maximum absolute atomic E-state index is 13.2. The van der Waals surface area contributed by atoms with Crippen molar-refractivity contribution in [2.24, 2.45) is 0 Å². The maximum atomic E-state index is 13.2. The molecule has 1 aliphatic rings. The third-order valence-corrected chi connectivity index (χ3v) is 6.58. The monoisotopic (exact) mass is 354 g/mol. The molecule has 1 aromatic carbocycles. The van der Waals surface area contributed by atoms with E-state index in [2.05, 4.69) is 21.1 Å². The fourth-order valence-corrected chi connectivity index (χ4v) is 4.77. The summed E-state index contributed by atoms with van der Waals surface area (Å²) in [6.07, 6.45) is 1.01. The Bertz CT molecular complexity index is 789. The SMILES string of the molecule is C[C@H](CNS(=O)(=O)c1cccc(F)c1)N1CCc2sccc2C1. The third kappa shape index (κ3) is 3.80. The second-order valence-electron chi connectivity index (χ2n) is 5.75. The van der Waals surface area contributed by atoms with Crippen molar-refractivity contribution in [1.82, 2.24) is 9.62 Å². The molecule has 4 nitrogen and oxygen atoms in total. The van der Waals surface area contributed by atoms with Gasteiger partial charge in [0.05, 0.1) is 4.90 Å². The molecule has 23 heavy (non-hydrogen) atoms. The molecule has 1 N–H and O–H groups in total. The van der Waals surface area contributed by atoms with Crippen molar-refractivity contribution in [2.45, 2.75) is 30.8 Å². The fourth-order valence-electron chi connectivity index (χ4n) is 2.72. The predicted octanol–water partition coefficient (Wildman–Crippen LogP) is 2.61. The predicted molar refractivity (Wildman–Crippen MR) is 89.5 cm³/mol. The van der Waals surface area contributed by atoms with Gasteiger partial charge in [-0.05, 0) is 48.6 Å². The Labute approximate surface area is 140 Å². The number of sulfonamides is 1. The average Bonchev–Trinajstić information content (AvgIpc) is 3.00. The molecule has 0 bridgehead atoms. The van der Waals surface area contributed by atoms with Crippen LogP contribution in [0.1, 0.15) is 17.4 Å². The summed E-state index contributed by atoms with van der Waals surface area (Å²) in [5, 5.41) is 2.10. The molecule has 1 atom stereocenters. The van der Waals surface area contributed by atoms with Gasteiger partial charge in [0.1, 0.15) is 5.82 Å². The average molecular weight is 354 g/mol. The minimum Gasteiger partial charge on any atom is -0.295 e. The van der Waals surface area contributed by atoms with Gasteiger partial charge in [0.25, 0.3) is 0 Å². The van der Waals surface area contributed by atoms with E-state index >= 15 is 0 Å². The van der Waals surface area contributed by atoms with Gasteiger partial charge in [-0.15, -0.1) is 11.3 Å². The van der Waals surface area contributed by atoms with Crippen molar-refractivity contribution < 1.29 is 12.8 Å². The van der Waals surface area contributed by atoms with Crippen LogP contribution in [0.4, 0.5) is 4.39 Å². The zero-order valence-electron chi connectivity index (χ0n) is 12.8. The van der Waals surface area contributed by atoms with Gasteiger partial charge in [-0.1, -0.05) is 6.07 Å². The Morgan fingerprint density at radius 1 is 1.39 bits per heavy atom. The molecule has 0 spiro atoms. The highest BCUT2D eigenvalue weighted by molar-refractivity contribution is 7.89. The molecule has 0 unspecified atom stereocenters. The van der Waals surface area contributed by atoms with Crippen LogP contribution in [-0.2, 0) is 23.0 Å². The van der Waals surface area contributed by atoms with Crippen molar-refractivity contribution in [2.75, 3.05) is 13.1 Å². The zero-order chi connectivity index (χ0) is 16.4. The van der Waals surface area contributed by atoms with E-state index in [1.165, 1.54) is 28.6 Å². The van der Waals surface area contributed by atoms with Crippen molar-refractivity contribution in [3.63, 3.8) is 0 Å². The number of nitrogens with zero attached hydrogens (tertiary/aromatic N) is 1. The van der Waals surface area contributed by atoms with Crippen LogP contribution in [0.3, 0.4) is 0 Å². The second kappa shape index (κ2) is 6.68. The third-order valence-electron chi connectivity index (χ3n) is 4.14. The normalized spacial score (nSPS) is 17.0. The Hall–Kier alpha value is -1.28. The van der Waals surface area contributed by atoms with Gasteiger partial charge in [0, 0.05) is 30.6 Å². The van der Waals surface area contributed by atoms with Crippen LogP contribution < -0.4 is 4.72 Å². The second-order valence-corrected chi connectivity index (χ2v) is 8.52. The lowest BCUT2D eigenvalue weighted by Gasteiger charge is -2.32. The van der Waals surface area contributed by atoms with Crippen LogP contribution in [0.5, 0.6) is 0 Å². The Kier molecular flexibility index (Phi) is 4.82. The molecular weight excluding hydrogens is 335 g/mol. The number of fused-ring (bicyclic) bond motifs is 1. The summed E-state index contributed by atoms with van der Waals surface area (Å²) in [6.45, 7) is 4.09. The summed E-state index contributed by atoms with van der Waals surface area (Å²) < 4.78 is 40.2. The molecule has 124 valence electrons. The topological polar surface area (TPSA) is 49.4 Å². The number of benzene rings is 1. The number of rotatable bonds is 5. The molecule has 0 amide bonds. The van der Waals surface area contributed by atoms with E-state index in [4.69, 9.17) is 0 Å². The van der Waals surface area contributed by atoms with Crippen LogP contribution in [-0.4, -0.2) is 32.4 Å². The molecule has 7 heteroatoms. The Balaban J connectivity index is 1.62. The molecule has 3 rings (SSSR count). The summed E-state index contributed by atoms with van der Waals surface area (Å²) >= 11 is 1.78. The largest absolute Gasteiger partial charge is 0.295 e. The highest BCUT2D eigenvalue weighted by Gasteiger charge is 2.23. The van der Waals surface area contributed by atoms with Gasteiger partial charge in [0.15, 0.2) is 0 Å². The zero-order valence-corrected chi connectivity index (χ0v) is 14.5. The first-order chi connectivity index (χ1) is 11.0. The molecule has 0 saturated carbocycles. The Morgan fingerprint density at radius 2 is 2.22 bits per heavy atom. The first kappa shape index (κ1) is 16.6. The summed E-state index contributed by atoms with van der Waals surface area (Å²) in [5.41, 5.74) is 1.33. The van der Waals surface area contributed by atoms with Gasteiger partial charge in [-0.2, -0.15) is 0 Å². The first-order valence-electron chi connectivity index (χ1n) is 7.50. The standard InChI is InChI=1S/C16H19FN2O2S2/c1-12(19-7-5-16-13(11-19)6-8-22-16)10-18-23(20,21)15-4-2-3-14(17)9-15/h2-4,6,8-9,12,18H,5,7,10-11H2,1H3/t12-/m1/s1. The highest BCUT2D eigenvalue weighted by Crippen LogP contribution is 2.25. The minimum absolute atomic E-state index is 0.0385. The lowest BCUT2D eigenvalue weighted by molar-refractivity contribution is 0.193. The van der Waals surface area contributed by atoms with Crippen molar-refractivity contribution in [3.05, 3.63) is 52.0 Å². The van der Waals surface area contributed by atoms with Gasteiger partial charge in [-0.3, -0.25) is 4.90 Å². The fraction of sp³-hybridized carbons (Fsp3) is 0.375. The molecule has 0 saturated heterocycles. The molecule has 0 fully saturated rings. The number of nitrogens with one attached hydrogen (secondary N) is 1. The maximum Gasteiger partial charge on any atom is 0.240 e. The van der Waals surface area contributed by atoms with E-state index in [0.717, 1.165) is 25.6 Å². The van der Waals surface area contributed by atoms with Gasteiger partial charge in [0.2, 0.25) is 10.0 Å². The molecule has 2 heterocycles. The van der Waals surface area contributed by atoms with E-state index in [-0.39, 0.29) is 10.9 Å². The first-order valence-corrected chi connectivity index (χ1v) is 9.86. The van der Waals surface area contributed by atoms with E-state index in [1.807, 2.05) is 6.92 Å². The van der Waals surface area contributed by atoms with E-state index in [1.54, 1.807) is 11.3 Å². The lowest BCUT2D eigenvalue weighted by Crippen LogP contribution is -2.44. The number of halogens is 1. The van der Waals surface area contributed by atoms with Gasteiger partial charge < -0.3 is 0 Å². The Morgan fingerprint density at radius 3 is 3.00 bits per heavy atom. The molecule has 1 aliphatic heterocycles. The summed E-state index contributed by atoms with van der Waals surface area (Å²) in [6, 6.07) is 7.27. The molecule has 2 aromatic rings. The van der Waals surface area contributed by atoms with Crippen LogP contribution in [0.2, 0.25) is 0 Å². The quantitative estimate of drug-likeness (QED) is 0.898. The minimum atomic E-state index is -3.68. The molecule has 1 aromatic heterocycles. The number of thiophene rings is 1. The van der Waals surface area contributed by atoms with Crippen LogP contribution >= 0.6 is 11.3 Å². The molecule has 0 aliphatic carbocycles. The number of hydrogen-bond acceptors (Lipinski definition) is 4. The van der Waals surface area contributed by atoms with Crippen molar-refractivity contribution >= 4 is 21.4 Å². The van der Waals surface area contributed by atoms with Crippen LogP contribution in [0.15, 0.2) is 40.6 Å². The smallest absolute Gasteiger partial charge is 0.240 e. The van der Waals surface area contributed by atoms with E-state index in [0.29, 0.717) is 6.54 Å². The highest BCUT2D eigenvalue weighted by atomic mass is 32.2. The van der Waals surface area contributed by atoms with Gasteiger partial charge in [-0.25, -0.2) is 17.5 Å².